The summed E-state index contributed by atoms with van der Waals surface area (Å²) in [7, 11) is 0. The van der Waals surface area contributed by atoms with Crippen molar-refractivity contribution in [3.05, 3.63) is 42.4 Å². The molecule has 6 heteroatoms. The van der Waals surface area contributed by atoms with E-state index in [4.69, 9.17) is 4.74 Å². The van der Waals surface area contributed by atoms with E-state index in [0.29, 0.717) is 23.9 Å². The minimum absolute atomic E-state index is 0.149. The Morgan fingerprint density at radius 1 is 1.22 bits per heavy atom. The fraction of sp³-hybridized carbons (Fsp3) is 0.353. The third-order valence-corrected chi connectivity index (χ3v) is 2.84. The Kier molecular flexibility index (Phi) is 5.16. The molecule has 0 radical (unpaired) electrons. The zero-order valence-electron chi connectivity index (χ0n) is 13.9. The summed E-state index contributed by atoms with van der Waals surface area (Å²) in [5.74, 6) is 0.928. The fourth-order valence-electron chi connectivity index (χ4n) is 1.97. The molecule has 2 aromatic rings. The van der Waals surface area contributed by atoms with Gasteiger partial charge in [0.05, 0.1) is 12.3 Å². The van der Waals surface area contributed by atoms with Crippen molar-refractivity contribution in [1.29, 1.82) is 0 Å². The molecule has 6 nitrogen and oxygen atoms in total. The van der Waals surface area contributed by atoms with Crippen molar-refractivity contribution in [1.82, 2.24) is 9.97 Å². The zero-order valence-corrected chi connectivity index (χ0v) is 13.9. The van der Waals surface area contributed by atoms with Gasteiger partial charge in [0.1, 0.15) is 23.6 Å². The summed E-state index contributed by atoms with van der Waals surface area (Å²) >= 11 is 0. The number of para-hydroxylation sites is 2. The molecule has 1 heterocycles. The van der Waals surface area contributed by atoms with Gasteiger partial charge in [0.15, 0.2) is 0 Å². The molecule has 122 valence electrons. The summed E-state index contributed by atoms with van der Waals surface area (Å²) in [5.41, 5.74) is 0.755. The second-order valence-corrected chi connectivity index (χ2v) is 6.05. The molecule has 1 amide bonds. The maximum atomic E-state index is 12.4. The second kappa shape index (κ2) is 7.09. The van der Waals surface area contributed by atoms with Gasteiger partial charge in [-0.25, -0.2) is 9.97 Å². The third-order valence-electron chi connectivity index (χ3n) is 2.84. The summed E-state index contributed by atoms with van der Waals surface area (Å²) in [6.45, 7) is 8.49. The Hall–Kier alpha value is -2.63. The molecule has 1 aromatic heterocycles. The summed E-state index contributed by atoms with van der Waals surface area (Å²) in [5, 5.41) is 6.04. The average Bonchev–Trinajstić information content (AvgIpc) is 2.48. The number of carbonyl (C=O) groups is 1. The van der Waals surface area contributed by atoms with Crippen LogP contribution in [0.5, 0.6) is 5.75 Å². The van der Waals surface area contributed by atoms with Crippen molar-refractivity contribution < 1.29 is 9.53 Å². The monoisotopic (exact) mass is 314 g/mol. The van der Waals surface area contributed by atoms with Crippen LogP contribution >= 0.6 is 0 Å². The van der Waals surface area contributed by atoms with E-state index >= 15 is 0 Å². The first-order valence-electron chi connectivity index (χ1n) is 7.52. The highest BCUT2D eigenvalue weighted by molar-refractivity contribution is 6.04. The molecule has 1 aromatic carbocycles. The van der Waals surface area contributed by atoms with Crippen molar-refractivity contribution in [2.24, 2.45) is 0 Å². The van der Waals surface area contributed by atoms with E-state index in [1.165, 1.54) is 6.33 Å². The number of carbonyl (C=O) groups excluding carboxylic acids is 1. The Morgan fingerprint density at radius 2 is 1.96 bits per heavy atom. The number of hydrogen-bond donors (Lipinski definition) is 2. The molecule has 0 fully saturated rings. The van der Waals surface area contributed by atoms with E-state index in [0.717, 1.165) is 0 Å². The van der Waals surface area contributed by atoms with Crippen molar-refractivity contribution in [2.45, 2.75) is 33.2 Å². The van der Waals surface area contributed by atoms with Gasteiger partial charge < -0.3 is 15.4 Å². The van der Waals surface area contributed by atoms with Gasteiger partial charge >= 0.3 is 0 Å². The van der Waals surface area contributed by atoms with Gasteiger partial charge in [-0.15, -0.1) is 0 Å². The van der Waals surface area contributed by atoms with Crippen LogP contribution in [0.25, 0.3) is 0 Å². The number of nitrogens with zero attached hydrogens (tertiary/aromatic N) is 2. The maximum absolute atomic E-state index is 12.4. The molecule has 0 aliphatic rings. The van der Waals surface area contributed by atoms with Crippen LogP contribution in [0.4, 0.5) is 11.5 Å². The van der Waals surface area contributed by atoms with Gasteiger partial charge in [-0.1, -0.05) is 12.1 Å². The van der Waals surface area contributed by atoms with Gasteiger partial charge in [-0.05, 0) is 39.8 Å². The fourth-order valence-corrected chi connectivity index (χ4v) is 1.97. The number of amides is 1. The Bertz CT molecular complexity index is 680. The SMILES string of the molecule is CCOc1ccccc1NC(=O)c1cc(NC(C)(C)C)ncn1. The molecule has 2 rings (SSSR count). The number of rotatable bonds is 5. The number of benzene rings is 1. The van der Waals surface area contributed by atoms with Crippen molar-refractivity contribution >= 4 is 17.4 Å². The summed E-state index contributed by atoms with van der Waals surface area (Å²) in [6, 6.07) is 8.93. The number of aromatic nitrogens is 2. The Morgan fingerprint density at radius 3 is 2.65 bits per heavy atom. The van der Waals surface area contributed by atoms with Gasteiger partial charge in [0, 0.05) is 11.6 Å². The molecule has 0 bridgehead atoms. The van der Waals surface area contributed by atoms with Crippen LogP contribution in [0.1, 0.15) is 38.2 Å². The first-order chi connectivity index (χ1) is 10.9. The maximum Gasteiger partial charge on any atom is 0.274 e. The third kappa shape index (κ3) is 4.95. The lowest BCUT2D eigenvalue weighted by molar-refractivity contribution is 0.102. The van der Waals surface area contributed by atoms with Crippen molar-refractivity contribution in [3.63, 3.8) is 0 Å². The Labute approximate surface area is 136 Å². The molecule has 0 unspecified atom stereocenters. The lowest BCUT2D eigenvalue weighted by Crippen LogP contribution is -2.27. The largest absolute Gasteiger partial charge is 0.492 e. The molecule has 0 spiro atoms. The second-order valence-electron chi connectivity index (χ2n) is 6.05. The number of hydrogen-bond acceptors (Lipinski definition) is 5. The highest BCUT2D eigenvalue weighted by atomic mass is 16.5. The quantitative estimate of drug-likeness (QED) is 0.885. The molecular weight excluding hydrogens is 292 g/mol. The van der Waals surface area contributed by atoms with Crippen LogP contribution in [0.2, 0.25) is 0 Å². The first kappa shape index (κ1) is 16.7. The Balaban J connectivity index is 2.17. The molecule has 0 saturated heterocycles. The van der Waals surface area contributed by atoms with E-state index < -0.39 is 0 Å². The number of ether oxygens (including phenoxy) is 1. The molecule has 2 N–H and O–H groups in total. The first-order valence-corrected chi connectivity index (χ1v) is 7.52. The van der Waals surface area contributed by atoms with Gasteiger partial charge in [-0.3, -0.25) is 4.79 Å². The molecule has 0 saturated carbocycles. The number of nitrogens with one attached hydrogen (secondary N) is 2. The average molecular weight is 314 g/mol. The number of anilines is 2. The summed E-state index contributed by atoms with van der Waals surface area (Å²) < 4.78 is 5.50. The predicted molar refractivity (Wildman–Crippen MR) is 91.0 cm³/mol. The van der Waals surface area contributed by atoms with Crippen LogP contribution in [0.15, 0.2) is 36.7 Å². The predicted octanol–water partition coefficient (Wildman–Crippen LogP) is 3.34. The molecular formula is C17H22N4O2. The van der Waals surface area contributed by atoms with Crippen molar-refractivity contribution in [3.8, 4) is 5.75 Å². The standard InChI is InChI=1S/C17H22N4O2/c1-5-23-14-9-7-6-8-12(14)20-16(22)13-10-15(19-11-18-13)21-17(2,3)4/h6-11H,5H2,1-4H3,(H,20,22)(H,18,19,21). The van der Waals surface area contributed by atoms with Gasteiger partial charge in [0.25, 0.3) is 5.91 Å². The van der Waals surface area contributed by atoms with E-state index in [9.17, 15) is 4.79 Å². The minimum Gasteiger partial charge on any atom is -0.492 e. The molecule has 0 atom stereocenters. The van der Waals surface area contributed by atoms with E-state index in [2.05, 4.69) is 20.6 Å². The summed E-state index contributed by atoms with van der Waals surface area (Å²) in [4.78, 5) is 20.6. The topological polar surface area (TPSA) is 76.1 Å². The van der Waals surface area contributed by atoms with E-state index in [-0.39, 0.29) is 17.1 Å². The smallest absolute Gasteiger partial charge is 0.274 e. The van der Waals surface area contributed by atoms with Gasteiger partial charge in [0.2, 0.25) is 0 Å². The normalized spacial score (nSPS) is 11.0. The van der Waals surface area contributed by atoms with Crippen molar-refractivity contribution in [2.75, 3.05) is 17.2 Å². The van der Waals surface area contributed by atoms with Crippen LogP contribution in [0, 0.1) is 0 Å². The molecule has 0 aliphatic carbocycles. The highest BCUT2D eigenvalue weighted by Crippen LogP contribution is 2.24. The summed E-state index contributed by atoms with van der Waals surface area (Å²) in [6.07, 6.45) is 1.37. The zero-order chi connectivity index (χ0) is 16.9. The van der Waals surface area contributed by atoms with Crippen LogP contribution in [0.3, 0.4) is 0 Å². The lowest BCUT2D eigenvalue weighted by Gasteiger charge is -2.21. The van der Waals surface area contributed by atoms with E-state index in [1.54, 1.807) is 12.1 Å². The molecule has 0 aliphatic heterocycles. The highest BCUT2D eigenvalue weighted by Gasteiger charge is 2.14. The van der Waals surface area contributed by atoms with Crippen LogP contribution < -0.4 is 15.4 Å². The van der Waals surface area contributed by atoms with E-state index in [1.807, 2.05) is 45.9 Å². The van der Waals surface area contributed by atoms with Gasteiger partial charge in [-0.2, -0.15) is 0 Å². The molecule has 23 heavy (non-hydrogen) atoms. The minimum atomic E-state index is -0.309. The van der Waals surface area contributed by atoms with Crippen LogP contribution in [-0.2, 0) is 0 Å². The lowest BCUT2D eigenvalue weighted by atomic mass is 10.1. The van der Waals surface area contributed by atoms with Crippen LogP contribution in [-0.4, -0.2) is 28.0 Å².